The second-order valence-corrected chi connectivity index (χ2v) is 8.28. The lowest BCUT2D eigenvalue weighted by molar-refractivity contribution is 0.0386. The summed E-state index contributed by atoms with van der Waals surface area (Å²) in [5, 5.41) is 11.1. The molecule has 1 aromatic rings. The summed E-state index contributed by atoms with van der Waals surface area (Å²) in [5.74, 6) is 1.62. The van der Waals surface area contributed by atoms with Crippen LogP contribution in [0.25, 0.3) is 0 Å². The van der Waals surface area contributed by atoms with Gasteiger partial charge in [0.1, 0.15) is 11.5 Å². The maximum atomic E-state index is 11.1. The van der Waals surface area contributed by atoms with Crippen LogP contribution in [0.4, 0.5) is 0 Å². The molecule has 0 heterocycles. The summed E-state index contributed by atoms with van der Waals surface area (Å²) >= 11 is 0. The van der Waals surface area contributed by atoms with Crippen molar-refractivity contribution in [1.29, 1.82) is 0 Å². The van der Waals surface area contributed by atoms with Crippen LogP contribution >= 0.6 is 0 Å². The summed E-state index contributed by atoms with van der Waals surface area (Å²) in [6.45, 7) is 8.84. The van der Waals surface area contributed by atoms with Gasteiger partial charge in [-0.3, -0.25) is 0 Å². The molecule has 0 radical (unpaired) electrons. The summed E-state index contributed by atoms with van der Waals surface area (Å²) in [6, 6.07) is 4.03. The van der Waals surface area contributed by atoms with Crippen LogP contribution in [-0.2, 0) is 15.9 Å². The molecule has 0 saturated heterocycles. The summed E-state index contributed by atoms with van der Waals surface area (Å²) in [6.07, 6.45) is 8.63. The van der Waals surface area contributed by atoms with Crippen LogP contribution in [0.3, 0.4) is 0 Å². The average Bonchev–Trinajstić information content (AvgIpc) is 2.70. The molecule has 172 valence electrons. The number of aliphatic hydroxyl groups is 1. The van der Waals surface area contributed by atoms with Gasteiger partial charge in [-0.1, -0.05) is 38.3 Å². The lowest BCUT2D eigenvalue weighted by Crippen LogP contribution is -2.12. The Morgan fingerprint density at radius 3 is 2.13 bits per heavy atom. The molecule has 0 aliphatic carbocycles. The molecule has 0 fully saturated rings. The normalized spacial score (nSPS) is 13.0. The summed E-state index contributed by atoms with van der Waals surface area (Å²) < 4.78 is 22.0. The molecule has 0 aliphatic rings. The van der Waals surface area contributed by atoms with Gasteiger partial charge in [0.05, 0.1) is 11.7 Å². The van der Waals surface area contributed by atoms with E-state index in [0.717, 1.165) is 31.2 Å². The van der Waals surface area contributed by atoms with E-state index in [1.807, 2.05) is 12.1 Å². The number of hydrogen-bond acceptors (Lipinski definition) is 5. The second kappa shape index (κ2) is 15.3. The number of methoxy groups -OCH3 is 2. The molecule has 2 unspecified atom stereocenters. The molecular weight excluding hydrogens is 380 g/mol. The van der Waals surface area contributed by atoms with Crippen LogP contribution in [0.1, 0.15) is 83.5 Å². The fourth-order valence-corrected chi connectivity index (χ4v) is 3.46. The number of hydrogen-bond donors (Lipinski definition) is 1. The minimum atomic E-state index is -0.685. The molecule has 0 aliphatic heterocycles. The Balaban J connectivity index is 3.10. The van der Waals surface area contributed by atoms with Crippen molar-refractivity contribution < 1.29 is 24.1 Å². The minimum Gasteiger partial charge on any atom is -0.467 e. The van der Waals surface area contributed by atoms with E-state index in [2.05, 4.69) is 33.8 Å². The number of ether oxygens (including phenoxy) is 4. The van der Waals surface area contributed by atoms with Gasteiger partial charge < -0.3 is 24.1 Å². The van der Waals surface area contributed by atoms with Gasteiger partial charge in [0, 0.05) is 14.2 Å². The van der Waals surface area contributed by atoms with Crippen molar-refractivity contribution in [2.75, 3.05) is 27.8 Å². The van der Waals surface area contributed by atoms with Crippen molar-refractivity contribution in [2.24, 2.45) is 5.92 Å². The average molecular weight is 423 g/mol. The monoisotopic (exact) mass is 422 g/mol. The molecule has 0 bridgehead atoms. The SMILES string of the molecule is CCCCCc1cc(OCOC)c(C(O)CC(C)CCC=C(C)C)c(OCOC)c1. The number of unbranched alkanes of at least 4 members (excludes halogenated alkanes) is 2. The topological polar surface area (TPSA) is 57.2 Å². The number of aliphatic hydroxyl groups excluding tert-OH is 1. The van der Waals surface area contributed by atoms with Crippen LogP contribution in [-0.4, -0.2) is 32.9 Å². The third-order valence-corrected chi connectivity index (χ3v) is 5.07. The Hall–Kier alpha value is -1.56. The highest BCUT2D eigenvalue weighted by atomic mass is 16.7. The van der Waals surface area contributed by atoms with E-state index in [9.17, 15) is 5.11 Å². The highest BCUT2D eigenvalue weighted by Gasteiger charge is 2.23. The third kappa shape index (κ3) is 9.96. The first-order chi connectivity index (χ1) is 14.4. The van der Waals surface area contributed by atoms with Gasteiger partial charge in [0.15, 0.2) is 13.6 Å². The van der Waals surface area contributed by atoms with E-state index in [0.29, 0.717) is 29.4 Å². The minimum absolute atomic E-state index is 0.123. The zero-order chi connectivity index (χ0) is 22.4. The van der Waals surface area contributed by atoms with Crippen LogP contribution in [0.5, 0.6) is 11.5 Å². The molecular formula is C25H42O5. The van der Waals surface area contributed by atoms with Crippen molar-refractivity contribution in [1.82, 2.24) is 0 Å². The quantitative estimate of drug-likeness (QED) is 0.195. The number of allylic oxidation sites excluding steroid dienone is 2. The lowest BCUT2D eigenvalue weighted by Gasteiger charge is -2.23. The smallest absolute Gasteiger partial charge is 0.188 e. The summed E-state index contributed by atoms with van der Waals surface area (Å²) in [5.41, 5.74) is 3.14. The number of benzene rings is 1. The zero-order valence-corrected chi connectivity index (χ0v) is 19.8. The first-order valence-corrected chi connectivity index (χ1v) is 11.1. The zero-order valence-electron chi connectivity index (χ0n) is 19.8. The first kappa shape index (κ1) is 26.5. The van der Waals surface area contributed by atoms with E-state index in [4.69, 9.17) is 18.9 Å². The highest BCUT2D eigenvalue weighted by Crippen LogP contribution is 2.39. The van der Waals surface area contributed by atoms with Gasteiger partial charge in [-0.05, 0) is 69.6 Å². The first-order valence-electron chi connectivity index (χ1n) is 11.1. The standard InChI is InChI=1S/C25H42O5/c1-7-8-9-13-21-15-23(29-17-27-5)25(24(16-21)30-18-28-6)22(26)14-20(4)12-10-11-19(2)3/h11,15-16,20,22,26H,7-10,12-14,17-18H2,1-6H3. The van der Waals surface area contributed by atoms with Crippen LogP contribution in [0.15, 0.2) is 23.8 Å². The molecule has 0 spiro atoms. The number of aryl methyl sites for hydroxylation is 1. The van der Waals surface area contributed by atoms with Crippen molar-refractivity contribution in [3.05, 3.63) is 34.9 Å². The predicted octanol–water partition coefficient (Wildman–Crippen LogP) is 6.19. The molecule has 2 atom stereocenters. The number of rotatable bonds is 16. The van der Waals surface area contributed by atoms with E-state index >= 15 is 0 Å². The summed E-state index contributed by atoms with van der Waals surface area (Å²) in [4.78, 5) is 0. The molecule has 1 N–H and O–H groups in total. The van der Waals surface area contributed by atoms with Gasteiger partial charge in [0.2, 0.25) is 0 Å². The third-order valence-electron chi connectivity index (χ3n) is 5.07. The molecule has 1 rings (SSSR count). The molecule has 0 aromatic heterocycles. The van der Waals surface area contributed by atoms with Crippen LogP contribution in [0.2, 0.25) is 0 Å². The molecule has 5 nitrogen and oxygen atoms in total. The largest absolute Gasteiger partial charge is 0.467 e. The molecule has 30 heavy (non-hydrogen) atoms. The van der Waals surface area contributed by atoms with E-state index < -0.39 is 6.10 Å². The Bertz CT molecular complexity index is 593. The summed E-state index contributed by atoms with van der Waals surface area (Å²) in [7, 11) is 3.18. The molecule has 1 aromatic carbocycles. The fourth-order valence-electron chi connectivity index (χ4n) is 3.46. The molecule has 0 amide bonds. The molecule has 0 saturated carbocycles. The van der Waals surface area contributed by atoms with Crippen molar-refractivity contribution in [3.63, 3.8) is 0 Å². The van der Waals surface area contributed by atoms with Gasteiger partial charge in [-0.15, -0.1) is 0 Å². The Morgan fingerprint density at radius 1 is 1.03 bits per heavy atom. The predicted molar refractivity (Wildman–Crippen MR) is 122 cm³/mol. The fraction of sp³-hybridized carbons (Fsp3) is 0.680. The maximum Gasteiger partial charge on any atom is 0.188 e. The van der Waals surface area contributed by atoms with Crippen molar-refractivity contribution in [2.45, 2.75) is 78.7 Å². The Labute approximate surface area is 183 Å². The Morgan fingerprint density at radius 2 is 1.63 bits per heavy atom. The van der Waals surface area contributed by atoms with Crippen molar-refractivity contribution in [3.8, 4) is 11.5 Å². The van der Waals surface area contributed by atoms with Crippen LogP contribution < -0.4 is 9.47 Å². The van der Waals surface area contributed by atoms with Gasteiger partial charge in [-0.2, -0.15) is 0 Å². The van der Waals surface area contributed by atoms with Gasteiger partial charge in [-0.25, -0.2) is 0 Å². The second-order valence-electron chi connectivity index (χ2n) is 8.28. The Kier molecular flexibility index (Phi) is 13.5. The van der Waals surface area contributed by atoms with Crippen LogP contribution in [0, 0.1) is 5.92 Å². The van der Waals surface area contributed by atoms with Crippen molar-refractivity contribution >= 4 is 0 Å². The highest BCUT2D eigenvalue weighted by molar-refractivity contribution is 5.49. The van der Waals surface area contributed by atoms with E-state index in [1.165, 1.54) is 18.4 Å². The van der Waals surface area contributed by atoms with Gasteiger partial charge >= 0.3 is 0 Å². The lowest BCUT2D eigenvalue weighted by atomic mass is 9.92. The van der Waals surface area contributed by atoms with E-state index in [1.54, 1.807) is 14.2 Å². The van der Waals surface area contributed by atoms with E-state index in [-0.39, 0.29) is 13.6 Å². The van der Waals surface area contributed by atoms with Gasteiger partial charge in [0.25, 0.3) is 0 Å². The molecule has 5 heteroatoms. The maximum absolute atomic E-state index is 11.1.